The van der Waals surface area contributed by atoms with Gasteiger partial charge in [-0.25, -0.2) is 0 Å². The van der Waals surface area contributed by atoms with E-state index in [-0.39, 0.29) is 0 Å². The number of fused-ring (bicyclic) bond motifs is 1. The van der Waals surface area contributed by atoms with Gasteiger partial charge in [0.05, 0.1) is 0 Å². The summed E-state index contributed by atoms with van der Waals surface area (Å²) in [6.45, 7) is 5.71. The first-order valence-corrected chi connectivity index (χ1v) is 7.99. The molecule has 0 aliphatic heterocycles. The van der Waals surface area contributed by atoms with E-state index in [2.05, 4.69) is 61.6 Å². The third-order valence-electron chi connectivity index (χ3n) is 4.79. The summed E-state index contributed by atoms with van der Waals surface area (Å²) in [6.07, 6.45) is 4.00. The van der Waals surface area contributed by atoms with Crippen LogP contribution in [0, 0.1) is 11.8 Å². The number of nitrogens with one attached hydrogen (secondary N) is 1. The average molecular weight is 267 g/mol. The molecule has 1 N–H and O–H groups in total. The summed E-state index contributed by atoms with van der Waals surface area (Å²) < 4.78 is 0. The molecule has 1 heteroatoms. The van der Waals surface area contributed by atoms with Crippen molar-refractivity contribution in [1.29, 1.82) is 0 Å². The molecule has 2 aromatic rings. The van der Waals surface area contributed by atoms with Crippen molar-refractivity contribution in [3.05, 3.63) is 48.0 Å². The van der Waals surface area contributed by atoms with Crippen LogP contribution in [0.1, 0.15) is 32.3 Å². The van der Waals surface area contributed by atoms with Crippen molar-refractivity contribution in [3.8, 4) is 0 Å². The van der Waals surface area contributed by atoms with E-state index in [0.29, 0.717) is 6.04 Å². The highest BCUT2D eigenvalue weighted by molar-refractivity contribution is 5.85. The second kappa shape index (κ2) is 5.97. The fourth-order valence-electron chi connectivity index (χ4n) is 3.36. The summed E-state index contributed by atoms with van der Waals surface area (Å²) in [6, 6.07) is 16.1. The Morgan fingerprint density at radius 2 is 1.85 bits per heavy atom. The lowest BCUT2D eigenvalue weighted by Crippen LogP contribution is -2.37. The van der Waals surface area contributed by atoms with E-state index in [0.717, 1.165) is 24.8 Å². The molecule has 0 bridgehead atoms. The molecule has 0 radical (unpaired) electrons. The molecule has 106 valence electrons. The van der Waals surface area contributed by atoms with Crippen molar-refractivity contribution in [1.82, 2.24) is 5.32 Å². The van der Waals surface area contributed by atoms with Crippen molar-refractivity contribution in [2.75, 3.05) is 6.54 Å². The van der Waals surface area contributed by atoms with E-state index < -0.39 is 0 Å². The number of likely N-dealkylation sites (N-methyl/N-ethyl adjacent to an activating group) is 1. The molecule has 0 heterocycles. The van der Waals surface area contributed by atoms with Crippen LogP contribution >= 0.6 is 0 Å². The van der Waals surface area contributed by atoms with E-state index in [4.69, 9.17) is 0 Å². The first-order valence-electron chi connectivity index (χ1n) is 7.99. The largest absolute Gasteiger partial charge is 0.314 e. The molecular weight excluding hydrogens is 242 g/mol. The molecule has 3 rings (SSSR count). The van der Waals surface area contributed by atoms with E-state index in [9.17, 15) is 0 Å². The quantitative estimate of drug-likeness (QED) is 0.817. The Morgan fingerprint density at radius 3 is 2.60 bits per heavy atom. The average Bonchev–Trinajstić information content (AvgIpc) is 3.31. The molecule has 1 nitrogen and oxygen atoms in total. The van der Waals surface area contributed by atoms with Crippen LogP contribution in [0.25, 0.3) is 10.8 Å². The first kappa shape index (κ1) is 13.6. The Morgan fingerprint density at radius 1 is 1.10 bits per heavy atom. The summed E-state index contributed by atoms with van der Waals surface area (Å²) >= 11 is 0. The zero-order valence-corrected chi connectivity index (χ0v) is 12.6. The number of hydrogen-bond acceptors (Lipinski definition) is 1. The Kier molecular flexibility index (Phi) is 4.07. The lowest BCUT2D eigenvalue weighted by Gasteiger charge is -2.25. The fraction of sp³-hybridized carbons (Fsp3) is 0.474. The second-order valence-electron chi connectivity index (χ2n) is 6.20. The molecule has 0 spiro atoms. The highest BCUT2D eigenvalue weighted by atomic mass is 14.9. The van der Waals surface area contributed by atoms with Gasteiger partial charge in [0.1, 0.15) is 0 Å². The normalized spacial score (nSPS) is 18.1. The number of hydrogen-bond donors (Lipinski definition) is 1. The number of rotatable bonds is 6. The van der Waals surface area contributed by atoms with Gasteiger partial charge < -0.3 is 5.32 Å². The van der Waals surface area contributed by atoms with Crippen LogP contribution in [0.2, 0.25) is 0 Å². The highest BCUT2D eigenvalue weighted by Gasteiger charge is 2.33. The monoisotopic (exact) mass is 267 g/mol. The SMILES string of the molecule is CCNC(Cc1cccc2ccccc12)C(C)C1CC1. The topological polar surface area (TPSA) is 12.0 Å². The maximum atomic E-state index is 3.72. The van der Waals surface area contributed by atoms with E-state index in [1.165, 1.54) is 29.2 Å². The van der Waals surface area contributed by atoms with Gasteiger partial charge in [-0.1, -0.05) is 56.3 Å². The maximum absolute atomic E-state index is 3.72. The summed E-state index contributed by atoms with van der Waals surface area (Å²) in [5, 5.41) is 6.49. The molecule has 1 aliphatic rings. The minimum Gasteiger partial charge on any atom is -0.314 e. The van der Waals surface area contributed by atoms with Crippen LogP contribution in [-0.4, -0.2) is 12.6 Å². The van der Waals surface area contributed by atoms with Gasteiger partial charge in [-0.3, -0.25) is 0 Å². The molecule has 0 aromatic heterocycles. The summed E-state index contributed by atoms with van der Waals surface area (Å²) in [5.41, 5.74) is 1.49. The molecule has 1 fully saturated rings. The maximum Gasteiger partial charge on any atom is 0.0136 e. The van der Waals surface area contributed by atoms with Crippen molar-refractivity contribution >= 4 is 10.8 Å². The van der Waals surface area contributed by atoms with E-state index in [1.807, 2.05) is 0 Å². The van der Waals surface area contributed by atoms with Gasteiger partial charge in [0, 0.05) is 6.04 Å². The smallest absolute Gasteiger partial charge is 0.0136 e. The third kappa shape index (κ3) is 2.88. The molecule has 0 amide bonds. The molecule has 2 unspecified atom stereocenters. The van der Waals surface area contributed by atoms with Gasteiger partial charge in [-0.05, 0) is 54.0 Å². The zero-order chi connectivity index (χ0) is 13.9. The van der Waals surface area contributed by atoms with Gasteiger partial charge in [-0.2, -0.15) is 0 Å². The van der Waals surface area contributed by atoms with Crippen LogP contribution in [-0.2, 0) is 6.42 Å². The molecular formula is C19H25N. The molecule has 2 atom stereocenters. The predicted octanol–water partition coefficient (Wildman–Crippen LogP) is 4.41. The molecule has 0 saturated heterocycles. The van der Waals surface area contributed by atoms with Crippen molar-refractivity contribution < 1.29 is 0 Å². The minimum atomic E-state index is 0.610. The van der Waals surface area contributed by atoms with Crippen LogP contribution < -0.4 is 5.32 Å². The Bertz CT molecular complexity index is 565. The number of benzene rings is 2. The predicted molar refractivity (Wildman–Crippen MR) is 87.0 cm³/mol. The highest BCUT2D eigenvalue weighted by Crippen LogP contribution is 2.39. The summed E-state index contributed by atoms with van der Waals surface area (Å²) in [7, 11) is 0. The summed E-state index contributed by atoms with van der Waals surface area (Å²) in [4.78, 5) is 0. The van der Waals surface area contributed by atoms with E-state index >= 15 is 0 Å². The van der Waals surface area contributed by atoms with Crippen molar-refractivity contribution in [3.63, 3.8) is 0 Å². The Balaban J connectivity index is 1.85. The molecule has 1 saturated carbocycles. The second-order valence-corrected chi connectivity index (χ2v) is 6.20. The minimum absolute atomic E-state index is 0.610. The van der Waals surface area contributed by atoms with Crippen LogP contribution in [0.15, 0.2) is 42.5 Å². The van der Waals surface area contributed by atoms with Gasteiger partial charge in [-0.15, -0.1) is 0 Å². The van der Waals surface area contributed by atoms with Crippen LogP contribution in [0.4, 0.5) is 0 Å². The zero-order valence-electron chi connectivity index (χ0n) is 12.6. The molecule has 2 aromatic carbocycles. The molecule has 20 heavy (non-hydrogen) atoms. The third-order valence-corrected chi connectivity index (χ3v) is 4.79. The van der Waals surface area contributed by atoms with Crippen LogP contribution in [0.5, 0.6) is 0 Å². The summed E-state index contributed by atoms with van der Waals surface area (Å²) in [5.74, 6) is 1.74. The lowest BCUT2D eigenvalue weighted by atomic mass is 9.89. The van der Waals surface area contributed by atoms with E-state index in [1.54, 1.807) is 0 Å². The van der Waals surface area contributed by atoms with Crippen molar-refractivity contribution in [2.45, 2.75) is 39.2 Å². The van der Waals surface area contributed by atoms with Crippen molar-refractivity contribution in [2.24, 2.45) is 11.8 Å². The first-order chi connectivity index (χ1) is 9.79. The van der Waals surface area contributed by atoms with Gasteiger partial charge in [0.2, 0.25) is 0 Å². The van der Waals surface area contributed by atoms with Crippen LogP contribution in [0.3, 0.4) is 0 Å². The fourth-order valence-corrected chi connectivity index (χ4v) is 3.36. The molecule has 1 aliphatic carbocycles. The van der Waals surface area contributed by atoms with Gasteiger partial charge in [0.15, 0.2) is 0 Å². The standard InChI is InChI=1S/C19H25N/c1-3-20-19(14(2)15-11-12-15)13-17-9-6-8-16-7-4-5-10-18(16)17/h4-10,14-15,19-20H,3,11-13H2,1-2H3. The Labute approximate surface area is 122 Å². The van der Waals surface area contributed by atoms with Gasteiger partial charge >= 0.3 is 0 Å². The Hall–Kier alpha value is -1.34. The lowest BCUT2D eigenvalue weighted by molar-refractivity contribution is 0.345. The van der Waals surface area contributed by atoms with Gasteiger partial charge in [0.25, 0.3) is 0 Å².